The fourth-order valence-electron chi connectivity index (χ4n) is 1.69. The highest BCUT2D eigenvalue weighted by molar-refractivity contribution is 5.31. The van der Waals surface area contributed by atoms with Gasteiger partial charge in [-0.05, 0) is 25.3 Å². The van der Waals surface area contributed by atoms with E-state index in [1.54, 1.807) is 0 Å². The summed E-state index contributed by atoms with van der Waals surface area (Å²) < 4.78 is 0. The van der Waals surface area contributed by atoms with E-state index in [2.05, 4.69) is 24.0 Å². The van der Waals surface area contributed by atoms with Crippen LogP contribution >= 0.6 is 0 Å². The van der Waals surface area contributed by atoms with Gasteiger partial charge in [0.1, 0.15) is 0 Å². The summed E-state index contributed by atoms with van der Waals surface area (Å²) in [5.74, 6) is 0.681. The highest BCUT2D eigenvalue weighted by atomic mass is 15.1. The summed E-state index contributed by atoms with van der Waals surface area (Å²) in [5, 5.41) is 7.27. The van der Waals surface area contributed by atoms with Gasteiger partial charge in [-0.25, -0.2) is 0 Å². The van der Waals surface area contributed by atoms with Crippen molar-refractivity contribution in [1.82, 2.24) is 10.2 Å². The second-order valence-electron chi connectivity index (χ2n) is 3.15. The van der Waals surface area contributed by atoms with Crippen molar-refractivity contribution >= 4 is 0 Å². The van der Waals surface area contributed by atoms with Gasteiger partial charge < -0.3 is 0 Å². The molecule has 0 saturated heterocycles. The lowest BCUT2D eigenvalue weighted by Crippen LogP contribution is -1.86. The van der Waals surface area contributed by atoms with E-state index in [0.717, 1.165) is 0 Å². The predicted molar refractivity (Wildman–Crippen MR) is 40.1 cm³/mol. The molecule has 1 aliphatic rings. The lowest BCUT2D eigenvalue weighted by Gasteiger charge is -1.94. The third-order valence-corrected chi connectivity index (χ3v) is 2.40. The van der Waals surface area contributed by atoms with E-state index in [1.807, 2.05) is 0 Å². The number of aryl methyl sites for hydroxylation is 1. The van der Waals surface area contributed by atoms with Crippen molar-refractivity contribution in [3.63, 3.8) is 0 Å². The number of hydrogen-bond acceptors (Lipinski definition) is 1. The minimum atomic E-state index is 0.681. The van der Waals surface area contributed by atoms with Gasteiger partial charge in [0, 0.05) is 11.6 Å². The number of aromatic nitrogens is 2. The molecule has 1 N–H and O–H groups in total. The zero-order valence-corrected chi connectivity index (χ0v) is 6.44. The molecule has 0 bridgehead atoms. The molecular formula is C8H12N2. The Balaban J connectivity index is 2.53. The average molecular weight is 136 g/mol. The Morgan fingerprint density at radius 3 is 3.10 bits per heavy atom. The lowest BCUT2D eigenvalue weighted by molar-refractivity contribution is 0.713. The molecule has 54 valence electrons. The van der Waals surface area contributed by atoms with Gasteiger partial charge in [0.2, 0.25) is 0 Å². The molecule has 2 nitrogen and oxygen atoms in total. The molecule has 1 aromatic rings. The summed E-state index contributed by atoms with van der Waals surface area (Å²) >= 11 is 0. The quantitative estimate of drug-likeness (QED) is 0.578. The first-order chi connectivity index (χ1) is 4.79. The van der Waals surface area contributed by atoms with Crippen LogP contribution in [0.4, 0.5) is 0 Å². The van der Waals surface area contributed by atoms with E-state index in [4.69, 9.17) is 0 Å². The molecule has 0 spiro atoms. The summed E-state index contributed by atoms with van der Waals surface area (Å²) in [4.78, 5) is 0. The first-order valence-corrected chi connectivity index (χ1v) is 3.83. The maximum atomic E-state index is 4.25. The van der Waals surface area contributed by atoms with Crippen LogP contribution in [0.25, 0.3) is 0 Å². The SMILES string of the molecule is Cc1[nH]nc2c1CC[C@@H]2C. The Morgan fingerprint density at radius 1 is 1.60 bits per heavy atom. The van der Waals surface area contributed by atoms with E-state index in [0.29, 0.717) is 5.92 Å². The van der Waals surface area contributed by atoms with Crippen LogP contribution in [0.1, 0.15) is 36.2 Å². The molecule has 0 unspecified atom stereocenters. The summed E-state index contributed by atoms with van der Waals surface area (Å²) in [7, 11) is 0. The molecule has 1 aliphatic carbocycles. The van der Waals surface area contributed by atoms with Crippen LogP contribution in [0.5, 0.6) is 0 Å². The molecule has 0 aromatic carbocycles. The average Bonchev–Trinajstić information content (AvgIpc) is 2.41. The third kappa shape index (κ3) is 0.618. The molecule has 0 amide bonds. The Labute approximate surface area is 60.6 Å². The molecule has 0 radical (unpaired) electrons. The van der Waals surface area contributed by atoms with Crippen LogP contribution in [0, 0.1) is 6.92 Å². The summed E-state index contributed by atoms with van der Waals surface area (Å²) in [6.07, 6.45) is 2.51. The number of nitrogens with one attached hydrogen (secondary N) is 1. The minimum Gasteiger partial charge on any atom is -0.282 e. The molecule has 0 saturated carbocycles. The van der Waals surface area contributed by atoms with E-state index in [9.17, 15) is 0 Å². The molecule has 10 heavy (non-hydrogen) atoms. The predicted octanol–water partition coefficient (Wildman–Crippen LogP) is 1.77. The lowest BCUT2D eigenvalue weighted by atomic mass is 10.1. The standard InChI is InChI=1S/C8H12N2/c1-5-3-4-7-6(2)9-10-8(5)7/h5H,3-4H2,1-2H3,(H,9,10)/t5-/m0/s1. The number of aromatic amines is 1. The van der Waals surface area contributed by atoms with E-state index in [1.165, 1.54) is 29.8 Å². The van der Waals surface area contributed by atoms with Gasteiger partial charge in [-0.3, -0.25) is 5.10 Å². The van der Waals surface area contributed by atoms with Crippen molar-refractivity contribution in [2.75, 3.05) is 0 Å². The number of rotatable bonds is 0. The first-order valence-electron chi connectivity index (χ1n) is 3.83. The van der Waals surface area contributed by atoms with E-state index >= 15 is 0 Å². The van der Waals surface area contributed by atoms with Gasteiger partial charge >= 0.3 is 0 Å². The van der Waals surface area contributed by atoms with E-state index in [-0.39, 0.29) is 0 Å². The van der Waals surface area contributed by atoms with Crippen LogP contribution in [0.3, 0.4) is 0 Å². The van der Waals surface area contributed by atoms with E-state index < -0.39 is 0 Å². The largest absolute Gasteiger partial charge is 0.282 e. The second-order valence-corrected chi connectivity index (χ2v) is 3.15. The smallest absolute Gasteiger partial charge is 0.0685 e. The van der Waals surface area contributed by atoms with Gasteiger partial charge in [0.15, 0.2) is 0 Å². The fraction of sp³-hybridized carbons (Fsp3) is 0.625. The zero-order valence-electron chi connectivity index (χ0n) is 6.44. The highest BCUT2D eigenvalue weighted by Crippen LogP contribution is 2.31. The Hall–Kier alpha value is -0.790. The van der Waals surface area contributed by atoms with Crippen molar-refractivity contribution in [1.29, 1.82) is 0 Å². The molecule has 1 aromatic heterocycles. The van der Waals surface area contributed by atoms with Crippen LogP contribution in [-0.4, -0.2) is 10.2 Å². The first kappa shape index (κ1) is 5.96. The van der Waals surface area contributed by atoms with Crippen LogP contribution in [0.15, 0.2) is 0 Å². The maximum absolute atomic E-state index is 4.25. The third-order valence-electron chi connectivity index (χ3n) is 2.40. The van der Waals surface area contributed by atoms with Crippen molar-refractivity contribution < 1.29 is 0 Å². The normalized spacial score (nSPS) is 23.2. The molecule has 2 heteroatoms. The van der Waals surface area contributed by atoms with Crippen molar-refractivity contribution in [2.45, 2.75) is 32.6 Å². The molecule has 1 atom stereocenters. The molecule has 0 aliphatic heterocycles. The number of nitrogens with zero attached hydrogens (tertiary/aromatic N) is 1. The molecule has 1 heterocycles. The Morgan fingerprint density at radius 2 is 2.40 bits per heavy atom. The van der Waals surface area contributed by atoms with Gasteiger partial charge in [-0.1, -0.05) is 6.92 Å². The minimum absolute atomic E-state index is 0.681. The van der Waals surface area contributed by atoms with Crippen molar-refractivity contribution in [2.24, 2.45) is 0 Å². The number of hydrogen-bond donors (Lipinski definition) is 1. The summed E-state index contributed by atoms with van der Waals surface area (Å²) in [5.41, 5.74) is 4.03. The maximum Gasteiger partial charge on any atom is 0.0685 e. The van der Waals surface area contributed by atoms with Gasteiger partial charge in [0.05, 0.1) is 5.69 Å². The van der Waals surface area contributed by atoms with Crippen LogP contribution < -0.4 is 0 Å². The van der Waals surface area contributed by atoms with Crippen LogP contribution in [-0.2, 0) is 6.42 Å². The Bertz CT molecular complexity index is 250. The van der Waals surface area contributed by atoms with Crippen molar-refractivity contribution in [3.8, 4) is 0 Å². The number of H-pyrrole nitrogens is 1. The van der Waals surface area contributed by atoms with Crippen LogP contribution in [0.2, 0.25) is 0 Å². The highest BCUT2D eigenvalue weighted by Gasteiger charge is 2.22. The monoisotopic (exact) mass is 136 g/mol. The zero-order chi connectivity index (χ0) is 7.14. The number of fused-ring (bicyclic) bond motifs is 1. The molecule has 2 rings (SSSR count). The second kappa shape index (κ2) is 1.84. The Kier molecular flexibility index (Phi) is 1.10. The summed E-state index contributed by atoms with van der Waals surface area (Å²) in [6.45, 7) is 4.34. The van der Waals surface area contributed by atoms with Gasteiger partial charge in [-0.2, -0.15) is 5.10 Å². The topological polar surface area (TPSA) is 28.7 Å². The summed E-state index contributed by atoms with van der Waals surface area (Å²) in [6, 6.07) is 0. The molecule has 0 fully saturated rings. The van der Waals surface area contributed by atoms with Crippen molar-refractivity contribution in [3.05, 3.63) is 17.0 Å². The fourth-order valence-corrected chi connectivity index (χ4v) is 1.69. The molecular weight excluding hydrogens is 124 g/mol. The van der Waals surface area contributed by atoms with Gasteiger partial charge in [0.25, 0.3) is 0 Å². The van der Waals surface area contributed by atoms with Gasteiger partial charge in [-0.15, -0.1) is 0 Å².